The van der Waals surface area contributed by atoms with Gasteiger partial charge in [-0.3, -0.25) is 10.3 Å². The van der Waals surface area contributed by atoms with E-state index in [2.05, 4.69) is 41.4 Å². The molecule has 0 aromatic carbocycles. The average Bonchev–Trinajstić information content (AvgIpc) is 2.13. The molecule has 0 saturated heterocycles. The second kappa shape index (κ2) is 5.33. The Hall–Kier alpha value is -1.65. The minimum absolute atomic E-state index is 0.156. The maximum Gasteiger partial charge on any atom is 0.320 e. The topological polar surface area (TPSA) is 66.9 Å². The Bertz CT molecular complexity index is 395. The Kier molecular flexibility index (Phi) is 4.27. The van der Waals surface area contributed by atoms with E-state index in [0.717, 1.165) is 6.42 Å². The summed E-state index contributed by atoms with van der Waals surface area (Å²) in [7, 11) is 0. The number of urea groups is 1. The third kappa shape index (κ3) is 5.61. The summed E-state index contributed by atoms with van der Waals surface area (Å²) in [6.45, 7) is 10.5. The SMILES string of the molecule is CC(C)(C)CC(C)(C)NC(=O)Nc1cnccn1. The number of carbonyl (C=O) groups excluding carboxylic acids is 1. The van der Waals surface area contributed by atoms with Crippen molar-refractivity contribution >= 4 is 11.8 Å². The van der Waals surface area contributed by atoms with E-state index in [9.17, 15) is 4.79 Å². The summed E-state index contributed by atoms with van der Waals surface area (Å²) in [5, 5.41) is 5.60. The van der Waals surface area contributed by atoms with Crippen LogP contribution >= 0.6 is 0 Å². The van der Waals surface area contributed by atoms with E-state index in [1.165, 1.54) is 12.4 Å². The van der Waals surface area contributed by atoms with Crippen molar-refractivity contribution in [3.05, 3.63) is 18.6 Å². The van der Waals surface area contributed by atoms with Gasteiger partial charge in [0.1, 0.15) is 0 Å². The van der Waals surface area contributed by atoms with Crippen LogP contribution in [-0.4, -0.2) is 21.5 Å². The molecule has 5 heteroatoms. The smallest absolute Gasteiger partial charge is 0.320 e. The first kappa shape index (κ1) is 14.4. The maximum atomic E-state index is 11.8. The molecular weight excluding hydrogens is 228 g/mol. The van der Waals surface area contributed by atoms with Gasteiger partial charge in [0, 0.05) is 17.9 Å². The van der Waals surface area contributed by atoms with Crippen LogP contribution in [0.2, 0.25) is 0 Å². The number of hydrogen-bond donors (Lipinski definition) is 2. The van der Waals surface area contributed by atoms with Gasteiger partial charge in [-0.05, 0) is 25.7 Å². The van der Waals surface area contributed by atoms with E-state index in [1.807, 2.05) is 13.8 Å². The summed E-state index contributed by atoms with van der Waals surface area (Å²) in [5.41, 5.74) is -0.117. The molecule has 18 heavy (non-hydrogen) atoms. The summed E-state index contributed by atoms with van der Waals surface area (Å²) >= 11 is 0. The molecular formula is C13H22N4O. The summed E-state index contributed by atoms with van der Waals surface area (Å²) < 4.78 is 0. The van der Waals surface area contributed by atoms with E-state index < -0.39 is 0 Å². The van der Waals surface area contributed by atoms with Gasteiger partial charge in [0.2, 0.25) is 0 Å². The molecule has 0 fully saturated rings. The van der Waals surface area contributed by atoms with Gasteiger partial charge < -0.3 is 5.32 Å². The van der Waals surface area contributed by atoms with Gasteiger partial charge in [0.25, 0.3) is 0 Å². The molecule has 100 valence electrons. The predicted molar refractivity (Wildman–Crippen MR) is 72.3 cm³/mol. The van der Waals surface area contributed by atoms with E-state index in [0.29, 0.717) is 5.82 Å². The second-order valence-corrected chi connectivity index (χ2v) is 6.29. The summed E-state index contributed by atoms with van der Waals surface area (Å²) in [6, 6.07) is -0.259. The van der Waals surface area contributed by atoms with Crippen molar-refractivity contribution in [3.63, 3.8) is 0 Å². The van der Waals surface area contributed by atoms with Crippen LogP contribution in [0.5, 0.6) is 0 Å². The lowest BCUT2D eigenvalue weighted by Gasteiger charge is -2.33. The summed E-state index contributed by atoms with van der Waals surface area (Å²) in [5.74, 6) is 0.446. The van der Waals surface area contributed by atoms with E-state index >= 15 is 0 Å². The van der Waals surface area contributed by atoms with Crippen molar-refractivity contribution in [2.45, 2.75) is 46.6 Å². The van der Waals surface area contributed by atoms with Crippen molar-refractivity contribution in [2.24, 2.45) is 5.41 Å². The molecule has 1 aromatic heterocycles. The molecule has 1 heterocycles. The molecule has 0 aliphatic heterocycles. The molecule has 0 unspecified atom stereocenters. The molecule has 0 atom stereocenters. The minimum Gasteiger partial charge on any atom is -0.333 e. The Morgan fingerprint density at radius 1 is 1.22 bits per heavy atom. The Labute approximate surface area is 108 Å². The molecule has 0 bridgehead atoms. The second-order valence-electron chi connectivity index (χ2n) is 6.29. The molecule has 2 amide bonds. The fourth-order valence-electron chi connectivity index (χ4n) is 2.19. The number of anilines is 1. The Balaban J connectivity index is 2.54. The third-order valence-corrected chi connectivity index (χ3v) is 2.23. The average molecular weight is 250 g/mol. The monoisotopic (exact) mass is 250 g/mol. The zero-order valence-electron chi connectivity index (χ0n) is 11.7. The first-order valence-electron chi connectivity index (χ1n) is 6.03. The first-order valence-corrected chi connectivity index (χ1v) is 6.03. The molecule has 1 rings (SSSR count). The molecule has 0 aliphatic rings. The standard InChI is InChI=1S/C13H22N4O/c1-12(2,3)9-13(4,5)17-11(18)16-10-8-14-6-7-15-10/h6-8H,9H2,1-5H3,(H2,15,16,17,18). The number of rotatable bonds is 3. The highest BCUT2D eigenvalue weighted by molar-refractivity contribution is 5.88. The molecule has 0 radical (unpaired) electrons. The van der Waals surface area contributed by atoms with Crippen molar-refractivity contribution in [3.8, 4) is 0 Å². The fourth-order valence-corrected chi connectivity index (χ4v) is 2.19. The zero-order valence-corrected chi connectivity index (χ0v) is 11.7. The van der Waals surface area contributed by atoms with Gasteiger partial charge >= 0.3 is 6.03 Å². The quantitative estimate of drug-likeness (QED) is 0.866. The van der Waals surface area contributed by atoms with Crippen molar-refractivity contribution < 1.29 is 4.79 Å². The van der Waals surface area contributed by atoms with Gasteiger partial charge in [-0.2, -0.15) is 0 Å². The molecule has 2 N–H and O–H groups in total. The molecule has 0 aliphatic carbocycles. The summed E-state index contributed by atoms with van der Waals surface area (Å²) in [4.78, 5) is 19.7. The highest BCUT2D eigenvalue weighted by Gasteiger charge is 2.27. The third-order valence-electron chi connectivity index (χ3n) is 2.23. The highest BCUT2D eigenvalue weighted by Crippen LogP contribution is 2.26. The number of amides is 2. The lowest BCUT2D eigenvalue weighted by atomic mass is 9.82. The van der Waals surface area contributed by atoms with Crippen LogP contribution < -0.4 is 10.6 Å². The van der Waals surface area contributed by atoms with Gasteiger partial charge in [-0.1, -0.05) is 20.8 Å². The van der Waals surface area contributed by atoms with Crippen LogP contribution in [0, 0.1) is 5.41 Å². The number of nitrogens with zero attached hydrogens (tertiary/aromatic N) is 2. The van der Waals surface area contributed by atoms with Crippen molar-refractivity contribution in [1.82, 2.24) is 15.3 Å². The normalized spacial score (nSPS) is 12.1. The number of aromatic nitrogens is 2. The first-order chi connectivity index (χ1) is 8.18. The molecule has 0 saturated carbocycles. The van der Waals surface area contributed by atoms with Gasteiger partial charge in [0.15, 0.2) is 5.82 Å². The summed E-state index contributed by atoms with van der Waals surface area (Å²) in [6.07, 6.45) is 5.49. The van der Waals surface area contributed by atoms with Crippen LogP contribution in [-0.2, 0) is 0 Å². The zero-order chi connectivity index (χ0) is 13.8. The molecule has 1 aromatic rings. The van der Waals surface area contributed by atoms with Gasteiger partial charge in [0.05, 0.1) is 6.20 Å². The van der Waals surface area contributed by atoms with Crippen LogP contribution in [0.15, 0.2) is 18.6 Å². The van der Waals surface area contributed by atoms with E-state index in [4.69, 9.17) is 0 Å². The van der Waals surface area contributed by atoms with Crippen molar-refractivity contribution in [2.75, 3.05) is 5.32 Å². The van der Waals surface area contributed by atoms with E-state index in [1.54, 1.807) is 6.20 Å². The van der Waals surface area contributed by atoms with Crippen molar-refractivity contribution in [1.29, 1.82) is 0 Å². The number of nitrogens with one attached hydrogen (secondary N) is 2. The maximum absolute atomic E-state index is 11.8. The van der Waals surface area contributed by atoms with Crippen LogP contribution in [0.25, 0.3) is 0 Å². The molecule has 0 spiro atoms. The van der Waals surface area contributed by atoms with E-state index in [-0.39, 0.29) is 17.0 Å². The number of hydrogen-bond acceptors (Lipinski definition) is 3. The van der Waals surface area contributed by atoms with Gasteiger partial charge in [-0.15, -0.1) is 0 Å². The predicted octanol–water partition coefficient (Wildman–Crippen LogP) is 2.81. The van der Waals surface area contributed by atoms with Crippen LogP contribution in [0.1, 0.15) is 41.0 Å². The Morgan fingerprint density at radius 3 is 2.39 bits per heavy atom. The number of carbonyl (C=O) groups is 1. The van der Waals surface area contributed by atoms with Gasteiger partial charge in [-0.25, -0.2) is 9.78 Å². The Morgan fingerprint density at radius 2 is 1.89 bits per heavy atom. The van der Waals surface area contributed by atoms with Crippen LogP contribution in [0.4, 0.5) is 10.6 Å². The lowest BCUT2D eigenvalue weighted by Crippen LogP contribution is -2.47. The van der Waals surface area contributed by atoms with Crippen LogP contribution in [0.3, 0.4) is 0 Å². The molecule has 5 nitrogen and oxygen atoms in total. The largest absolute Gasteiger partial charge is 0.333 e. The lowest BCUT2D eigenvalue weighted by molar-refractivity contribution is 0.220. The fraction of sp³-hybridized carbons (Fsp3) is 0.615. The highest BCUT2D eigenvalue weighted by atomic mass is 16.2. The minimum atomic E-state index is -0.273.